The van der Waals surface area contributed by atoms with Gasteiger partial charge in [0.1, 0.15) is 0 Å². The Kier molecular flexibility index (Phi) is 37.7. The minimum Gasteiger partial charge on any atom is -1.00 e. The lowest BCUT2D eigenvalue weighted by Gasteiger charge is -1.32. The fourth-order valence-corrected chi connectivity index (χ4v) is 0. The standard InChI is InChI=1S/ClH.HNO2/c;2-1-3/h1H;(H,2,3)/p-1. The monoisotopic (exact) mass is 82.0 g/mol. The first kappa shape index (κ1) is 9.35. The van der Waals surface area contributed by atoms with Crippen LogP contribution in [0.4, 0.5) is 0 Å². The Morgan fingerprint density at radius 2 is 1.75 bits per heavy atom. The van der Waals surface area contributed by atoms with E-state index in [4.69, 9.17) is 10.1 Å². The van der Waals surface area contributed by atoms with Crippen LogP contribution in [0.2, 0.25) is 0 Å². The van der Waals surface area contributed by atoms with Crippen LogP contribution in [0.1, 0.15) is 0 Å². The lowest BCUT2D eigenvalue weighted by atomic mass is 13.4. The van der Waals surface area contributed by atoms with Crippen LogP contribution in [0.3, 0.4) is 0 Å². The Labute approximate surface area is 29.0 Å². The van der Waals surface area contributed by atoms with Gasteiger partial charge in [-0.3, -0.25) is 0 Å². The maximum Gasteiger partial charge on any atom is 0.152 e. The lowest BCUT2D eigenvalue weighted by molar-refractivity contribution is -0.00000168. The normalized spacial score (nSPS) is 3.00. The smallest absolute Gasteiger partial charge is 0.152 e. The molecule has 0 saturated heterocycles. The number of hydrogen-bond acceptors (Lipinski definition) is 2. The van der Waals surface area contributed by atoms with Crippen LogP contribution in [0.5, 0.6) is 0 Å². The van der Waals surface area contributed by atoms with E-state index < -0.39 is 0 Å². The molecule has 0 radical (unpaired) electrons. The van der Waals surface area contributed by atoms with Crippen molar-refractivity contribution < 1.29 is 17.6 Å². The molecule has 0 unspecified atom stereocenters. The third-order valence-corrected chi connectivity index (χ3v) is 0. The molecular formula is HClNO2-. The molecule has 0 heterocycles. The van der Waals surface area contributed by atoms with Gasteiger partial charge < -0.3 is 17.6 Å². The summed E-state index contributed by atoms with van der Waals surface area (Å²) in [5, 5.41) is 7.89. The predicted molar refractivity (Wildman–Crippen MR) is 7.58 cm³/mol. The molecule has 0 aromatic rings. The van der Waals surface area contributed by atoms with E-state index in [1.54, 1.807) is 0 Å². The van der Waals surface area contributed by atoms with E-state index in [-0.39, 0.29) is 12.4 Å². The maximum atomic E-state index is 8.11. The second-order valence-corrected chi connectivity index (χ2v) is 0.0816. The fraction of sp³-hybridized carbons (Fsp3) is 0. The highest BCUT2D eigenvalue weighted by Crippen LogP contribution is 1.25. The summed E-state index contributed by atoms with van der Waals surface area (Å²) in [6.07, 6.45) is 0. The van der Waals surface area contributed by atoms with Crippen molar-refractivity contribution in [2.45, 2.75) is 0 Å². The van der Waals surface area contributed by atoms with Crippen LogP contribution in [-0.4, -0.2) is 5.21 Å². The highest BCUT2D eigenvalue weighted by molar-refractivity contribution is 3.83. The fourth-order valence-electron chi connectivity index (χ4n) is 0. The van der Waals surface area contributed by atoms with Crippen molar-refractivity contribution >= 4 is 0 Å². The molecule has 0 aromatic carbocycles. The number of hydrogen-bond donors (Lipinski definition) is 1. The maximum absolute atomic E-state index is 8.11. The Bertz CT molecular complexity index is 13.5. The molecule has 0 aromatic heterocycles. The average molecular weight is 82.5 g/mol. The van der Waals surface area contributed by atoms with Crippen molar-refractivity contribution in [1.82, 2.24) is 0 Å². The molecule has 0 atom stereocenters. The topological polar surface area (TPSA) is 49.7 Å². The molecule has 0 aliphatic carbocycles. The second-order valence-electron chi connectivity index (χ2n) is 0.0816. The van der Waals surface area contributed by atoms with E-state index >= 15 is 0 Å². The minimum absolute atomic E-state index is 0. The molecule has 4 heavy (non-hydrogen) atoms. The Hall–Kier alpha value is -0.310. The van der Waals surface area contributed by atoms with Gasteiger partial charge in [0.25, 0.3) is 0 Å². The average Bonchev–Trinajstić information content (AvgIpc) is 0.918. The van der Waals surface area contributed by atoms with Gasteiger partial charge >= 0.3 is 0 Å². The van der Waals surface area contributed by atoms with Crippen LogP contribution < -0.4 is 12.4 Å². The largest absolute Gasteiger partial charge is 1.00 e. The van der Waals surface area contributed by atoms with Crippen LogP contribution >= 0.6 is 0 Å². The third kappa shape index (κ3) is 8.37. The van der Waals surface area contributed by atoms with Crippen LogP contribution in [-0.2, 0) is 0 Å². The molecule has 4 heteroatoms. The Morgan fingerprint density at radius 3 is 1.75 bits per heavy atom. The van der Waals surface area contributed by atoms with Gasteiger partial charge in [-0.25, -0.2) is 0 Å². The summed E-state index contributed by atoms with van der Waals surface area (Å²) < 4.78 is 0. The van der Waals surface area contributed by atoms with E-state index in [0.29, 0.717) is 0 Å². The third-order valence-electron chi connectivity index (χ3n) is 0. The Morgan fingerprint density at radius 1 is 1.75 bits per heavy atom. The van der Waals surface area contributed by atoms with Crippen LogP contribution in [0.25, 0.3) is 0 Å². The van der Waals surface area contributed by atoms with Crippen molar-refractivity contribution in [3.05, 3.63) is 4.91 Å². The lowest BCUT2D eigenvalue weighted by Crippen LogP contribution is -3.00. The van der Waals surface area contributed by atoms with E-state index in [1.165, 1.54) is 5.34 Å². The molecule has 0 amide bonds. The quantitative estimate of drug-likeness (QED) is 0.253. The van der Waals surface area contributed by atoms with Crippen LogP contribution in [0, 0.1) is 4.91 Å². The summed E-state index contributed by atoms with van der Waals surface area (Å²) in [6.45, 7) is 0. The molecule has 0 fully saturated rings. The van der Waals surface area contributed by atoms with Gasteiger partial charge in [0, 0.05) is 0 Å². The second kappa shape index (κ2) is 16.1. The summed E-state index contributed by atoms with van der Waals surface area (Å²) in [5.41, 5.74) is 0. The van der Waals surface area contributed by atoms with Crippen molar-refractivity contribution in [2.24, 2.45) is 5.34 Å². The van der Waals surface area contributed by atoms with Gasteiger partial charge in [-0.2, -0.15) is 0 Å². The summed E-state index contributed by atoms with van der Waals surface area (Å²) in [4.78, 5) is 8.11. The summed E-state index contributed by atoms with van der Waals surface area (Å²) >= 11 is 0. The van der Waals surface area contributed by atoms with E-state index in [2.05, 4.69) is 0 Å². The molecule has 0 aliphatic rings. The highest BCUT2D eigenvalue weighted by Gasteiger charge is 1.18. The minimum atomic E-state index is 0. The Balaban J connectivity index is 0. The van der Waals surface area contributed by atoms with Crippen molar-refractivity contribution in [2.75, 3.05) is 0 Å². The van der Waals surface area contributed by atoms with Crippen LogP contribution in [0.15, 0.2) is 5.34 Å². The first-order valence-corrected chi connectivity index (χ1v) is 0.383. The van der Waals surface area contributed by atoms with Gasteiger partial charge in [-0.1, -0.05) is 0 Å². The van der Waals surface area contributed by atoms with Gasteiger partial charge in [0.15, 0.2) is 5.34 Å². The first-order valence-electron chi connectivity index (χ1n) is 0.383. The first-order chi connectivity index (χ1) is 1.41. The van der Waals surface area contributed by atoms with Gasteiger partial charge in [-0.05, 0) is 0 Å². The van der Waals surface area contributed by atoms with Gasteiger partial charge in [0.2, 0.25) is 0 Å². The summed E-state index contributed by atoms with van der Waals surface area (Å²) in [5.74, 6) is 0. The summed E-state index contributed by atoms with van der Waals surface area (Å²) in [6, 6.07) is 0. The van der Waals surface area contributed by atoms with Gasteiger partial charge in [0.05, 0.1) is 0 Å². The van der Waals surface area contributed by atoms with Crippen molar-refractivity contribution in [1.29, 1.82) is 0 Å². The molecule has 0 saturated carbocycles. The molecule has 26 valence electrons. The van der Waals surface area contributed by atoms with E-state index in [0.717, 1.165) is 0 Å². The molecule has 3 nitrogen and oxygen atoms in total. The SMILES string of the molecule is O=NO.[Cl-]. The number of nitrogens with zero attached hydrogens (tertiary/aromatic N) is 1. The van der Waals surface area contributed by atoms with Crippen molar-refractivity contribution in [3.8, 4) is 0 Å². The molecule has 1 N–H and O–H groups in total. The molecule has 0 rings (SSSR count). The predicted octanol–water partition coefficient (Wildman–Crippen LogP) is -2.85. The van der Waals surface area contributed by atoms with Crippen molar-refractivity contribution in [3.63, 3.8) is 0 Å². The zero-order valence-corrected chi connectivity index (χ0v) is 2.44. The summed E-state index contributed by atoms with van der Waals surface area (Å²) in [7, 11) is 0. The molecule has 0 bridgehead atoms. The number of rotatable bonds is 0. The molecule has 0 spiro atoms. The molecule has 0 aliphatic heterocycles. The molecular weight excluding hydrogens is 81.5 g/mol. The highest BCUT2D eigenvalue weighted by atomic mass is 35.5. The van der Waals surface area contributed by atoms with E-state index in [9.17, 15) is 0 Å². The zero-order chi connectivity index (χ0) is 2.71. The zero-order valence-electron chi connectivity index (χ0n) is 1.68. The number of halogens is 1. The van der Waals surface area contributed by atoms with Gasteiger partial charge in [-0.15, -0.1) is 4.91 Å². The van der Waals surface area contributed by atoms with E-state index in [1.807, 2.05) is 0 Å².